The Morgan fingerprint density at radius 1 is 0.941 bits per heavy atom. The molecule has 0 bridgehead atoms. The third-order valence-electron chi connectivity index (χ3n) is 6.31. The van der Waals surface area contributed by atoms with Crippen molar-refractivity contribution in [1.82, 2.24) is 0 Å². The molecule has 0 aliphatic heterocycles. The van der Waals surface area contributed by atoms with Gasteiger partial charge in [-0.15, -0.1) is 0 Å². The van der Waals surface area contributed by atoms with E-state index in [2.05, 4.69) is 65.0 Å². The van der Waals surface area contributed by atoms with Crippen molar-refractivity contribution in [2.45, 2.75) is 59.0 Å². The maximum Gasteiger partial charge on any atom is 0.188 e. The molecule has 0 amide bonds. The molecule has 0 N–H and O–H groups in total. The van der Waals surface area contributed by atoms with Crippen molar-refractivity contribution in [2.24, 2.45) is 4.99 Å². The topological polar surface area (TPSA) is 30.8 Å². The van der Waals surface area contributed by atoms with Crippen LogP contribution in [0.4, 0.5) is 5.69 Å². The predicted octanol–water partition coefficient (Wildman–Crippen LogP) is 7.75. The average Bonchev–Trinajstić information content (AvgIpc) is 2.83. The maximum atomic E-state index is 6.19. The van der Waals surface area contributed by atoms with E-state index in [0.717, 1.165) is 30.7 Å². The van der Waals surface area contributed by atoms with Crippen LogP contribution < -0.4 is 10.0 Å². The molecular formula is C30H38NO2P. The number of aliphatic imine (C=N–C) groups is 1. The summed E-state index contributed by atoms with van der Waals surface area (Å²) in [4.78, 5) is 4.78. The Morgan fingerprint density at radius 3 is 2.38 bits per heavy atom. The van der Waals surface area contributed by atoms with E-state index in [1.165, 1.54) is 33.1 Å². The molecule has 0 heterocycles. The molecule has 34 heavy (non-hydrogen) atoms. The third-order valence-corrected chi connectivity index (χ3v) is 8.60. The molecule has 0 aliphatic carbocycles. The summed E-state index contributed by atoms with van der Waals surface area (Å²) in [5.41, 5.74) is 7.22. The largest absolute Gasteiger partial charge is 0.467 e. The fourth-order valence-electron chi connectivity index (χ4n) is 4.63. The Hall–Kier alpha value is -2.48. The highest BCUT2D eigenvalue weighted by Gasteiger charge is 2.35. The zero-order valence-corrected chi connectivity index (χ0v) is 22.4. The first kappa shape index (κ1) is 26.1. The zero-order chi connectivity index (χ0) is 24.6. The van der Waals surface area contributed by atoms with Crippen LogP contribution in [-0.4, -0.2) is 20.1 Å². The number of benzene rings is 3. The van der Waals surface area contributed by atoms with Crippen molar-refractivity contribution < 1.29 is 9.47 Å². The summed E-state index contributed by atoms with van der Waals surface area (Å²) in [5, 5.41) is 1.37. The molecule has 0 saturated carbocycles. The minimum Gasteiger partial charge on any atom is -0.467 e. The number of para-hydroxylation sites is 1. The molecule has 0 aromatic heterocycles. The van der Waals surface area contributed by atoms with E-state index >= 15 is 0 Å². The zero-order valence-electron chi connectivity index (χ0n) is 21.4. The standard InChI is InChI=1S/C30H38NO2P/c1-7-17-30(8-2,27-19-22(3)18-24(5)28(27)33-21-32-6)34-29-23(4)13-12-14-25(29)20-31-26-15-10-9-11-16-26/h9-16,18-20,34H,7-8,17,21H2,1-6H3. The van der Waals surface area contributed by atoms with Gasteiger partial charge in [-0.3, -0.25) is 4.99 Å². The lowest BCUT2D eigenvalue weighted by molar-refractivity contribution is 0.0494. The van der Waals surface area contributed by atoms with Gasteiger partial charge in [0.2, 0.25) is 0 Å². The van der Waals surface area contributed by atoms with Crippen LogP contribution in [0.5, 0.6) is 5.75 Å². The molecule has 3 rings (SSSR count). The summed E-state index contributed by atoms with van der Waals surface area (Å²) < 4.78 is 11.5. The van der Waals surface area contributed by atoms with E-state index in [4.69, 9.17) is 14.5 Å². The van der Waals surface area contributed by atoms with Gasteiger partial charge in [-0.25, -0.2) is 0 Å². The Balaban J connectivity index is 2.12. The van der Waals surface area contributed by atoms with E-state index in [1.807, 2.05) is 36.5 Å². The summed E-state index contributed by atoms with van der Waals surface area (Å²) in [6.07, 6.45) is 5.27. The number of rotatable bonds is 11. The van der Waals surface area contributed by atoms with Crippen LogP contribution in [0.1, 0.15) is 60.9 Å². The fraction of sp³-hybridized carbons (Fsp3) is 0.367. The molecule has 2 unspecified atom stereocenters. The normalized spacial score (nSPS) is 13.6. The second kappa shape index (κ2) is 12.3. The van der Waals surface area contributed by atoms with Crippen LogP contribution in [0.15, 0.2) is 65.7 Å². The lowest BCUT2D eigenvalue weighted by atomic mass is 9.87. The first-order chi connectivity index (χ1) is 16.4. The SMILES string of the molecule is CCCC(CC)(Pc1c(C)cccc1C=Nc1ccccc1)c1cc(C)cc(C)c1OCOC. The van der Waals surface area contributed by atoms with Crippen LogP contribution >= 0.6 is 8.58 Å². The van der Waals surface area contributed by atoms with Gasteiger partial charge in [0.1, 0.15) is 5.75 Å². The highest BCUT2D eigenvalue weighted by molar-refractivity contribution is 7.49. The summed E-state index contributed by atoms with van der Waals surface area (Å²) in [6.45, 7) is 11.4. The molecule has 0 saturated heterocycles. The van der Waals surface area contributed by atoms with Crippen molar-refractivity contribution in [2.75, 3.05) is 13.9 Å². The maximum absolute atomic E-state index is 6.19. The molecule has 2 atom stereocenters. The predicted molar refractivity (Wildman–Crippen MR) is 148 cm³/mol. The lowest BCUT2D eigenvalue weighted by Crippen LogP contribution is -2.26. The molecule has 3 aromatic rings. The average molecular weight is 476 g/mol. The first-order valence-electron chi connectivity index (χ1n) is 12.1. The van der Waals surface area contributed by atoms with Gasteiger partial charge in [0, 0.05) is 29.6 Å². The molecule has 3 nitrogen and oxygen atoms in total. The number of nitrogens with zero attached hydrogens (tertiary/aromatic N) is 1. The third kappa shape index (κ3) is 6.14. The van der Waals surface area contributed by atoms with Gasteiger partial charge in [0.15, 0.2) is 6.79 Å². The Bertz CT molecular complexity index is 1110. The quantitative estimate of drug-likeness (QED) is 0.161. The summed E-state index contributed by atoms with van der Waals surface area (Å²) in [5.74, 6) is 0.975. The van der Waals surface area contributed by atoms with Gasteiger partial charge in [-0.05, 0) is 62.2 Å². The molecule has 0 radical (unpaired) electrons. The second-order valence-electron chi connectivity index (χ2n) is 8.95. The first-order valence-corrected chi connectivity index (χ1v) is 13.1. The van der Waals surface area contributed by atoms with E-state index in [0.29, 0.717) is 8.58 Å². The Labute approximate surface area is 207 Å². The number of methoxy groups -OCH3 is 1. The van der Waals surface area contributed by atoms with E-state index in [-0.39, 0.29) is 11.9 Å². The Morgan fingerprint density at radius 2 is 1.71 bits per heavy atom. The van der Waals surface area contributed by atoms with Crippen molar-refractivity contribution in [3.63, 3.8) is 0 Å². The number of ether oxygens (including phenoxy) is 2. The van der Waals surface area contributed by atoms with Crippen LogP contribution in [0.25, 0.3) is 0 Å². The Kier molecular flexibility index (Phi) is 9.45. The molecule has 0 fully saturated rings. The molecule has 3 aromatic carbocycles. The van der Waals surface area contributed by atoms with Gasteiger partial charge in [0.25, 0.3) is 0 Å². The van der Waals surface area contributed by atoms with Gasteiger partial charge in [-0.2, -0.15) is 0 Å². The smallest absolute Gasteiger partial charge is 0.188 e. The summed E-state index contributed by atoms with van der Waals surface area (Å²) in [6, 6.07) is 21.2. The van der Waals surface area contributed by atoms with Crippen molar-refractivity contribution in [3.05, 3.63) is 88.5 Å². The number of aryl methyl sites for hydroxylation is 3. The summed E-state index contributed by atoms with van der Waals surface area (Å²) in [7, 11) is 2.27. The van der Waals surface area contributed by atoms with E-state index in [9.17, 15) is 0 Å². The van der Waals surface area contributed by atoms with Crippen molar-refractivity contribution >= 4 is 25.8 Å². The molecule has 180 valence electrons. The van der Waals surface area contributed by atoms with Crippen molar-refractivity contribution in [3.8, 4) is 5.75 Å². The number of hydrogen-bond acceptors (Lipinski definition) is 3. The van der Waals surface area contributed by atoms with E-state index < -0.39 is 0 Å². The molecule has 4 heteroatoms. The minimum atomic E-state index is -0.0178. The summed E-state index contributed by atoms with van der Waals surface area (Å²) >= 11 is 0. The van der Waals surface area contributed by atoms with Gasteiger partial charge in [0.05, 0.1) is 5.69 Å². The number of hydrogen-bond donors (Lipinski definition) is 0. The van der Waals surface area contributed by atoms with Crippen LogP contribution in [0.2, 0.25) is 0 Å². The molecular weight excluding hydrogens is 437 g/mol. The monoisotopic (exact) mass is 475 g/mol. The molecule has 0 aliphatic rings. The van der Waals surface area contributed by atoms with Crippen LogP contribution in [-0.2, 0) is 9.89 Å². The molecule has 0 spiro atoms. The minimum absolute atomic E-state index is 0.0178. The van der Waals surface area contributed by atoms with Gasteiger partial charge >= 0.3 is 0 Å². The second-order valence-corrected chi connectivity index (χ2v) is 10.7. The van der Waals surface area contributed by atoms with Crippen LogP contribution in [0, 0.1) is 20.8 Å². The highest BCUT2D eigenvalue weighted by Crippen LogP contribution is 2.52. The highest BCUT2D eigenvalue weighted by atomic mass is 31.1. The van der Waals surface area contributed by atoms with Gasteiger partial charge < -0.3 is 9.47 Å². The van der Waals surface area contributed by atoms with Gasteiger partial charge in [-0.1, -0.05) is 82.9 Å². The van der Waals surface area contributed by atoms with Crippen molar-refractivity contribution in [1.29, 1.82) is 0 Å². The lowest BCUT2D eigenvalue weighted by Gasteiger charge is -2.36. The van der Waals surface area contributed by atoms with Crippen LogP contribution in [0.3, 0.4) is 0 Å². The van der Waals surface area contributed by atoms with E-state index in [1.54, 1.807) is 7.11 Å². The fourth-order valence-corrected chi connectivity index (χ4v) is 6.56.